The van der Waals surface area contributed by atoms with E-state index < -0.39 is 12.1 Å². The summed E-state index contributed by atoms with van der Waals surface area (Å²) in [5.41, 5.74) is 0. The Balaban J connectivity index is 3.48. The standard InChI is InChI=1S/C70H133NO5/c1-3-5-7-9-11-13-15-17-19-21-23-24-25-26-27-28-29-30-34-38-42-46-50-54-58-62-68(73)67(66-72)71-69(74)63-59-55-51-47-43-39-35-32-33-37-41-45-49-53-57-61-65-76-70(75)64-60-56-52-48-44-40-36-31-22-20-18-16-14-12-10-8-6-4-2/h20,22,32,35,58,62,67-68,72-73H,3-19,21,23-31,33-34,36-57,59-61,63-66H2,1-2H3,(H,71,74)/b22-20-,35-32-,62-58+. The maximum Gasteiger partial charge on any atom is 0.305 e. The predicted octanol–water partition coefficient (Wildman–Crippen LogP) is 21.9. The lowest BCUT2D eigenvalue weighted by Gasteiger charge is -2.20. The van der Waals surface area contributed by atoms with Crippen LogP contribution in [-0.2, 0) is 14.3 Å². The number of amides is 1. The summed E-state index contributed by atoms with van der Waals surface area (Å²) in [7, 11) is 0. The number of carbonyl (C=O) groups is 2. The lowest BCUT2D eigenvalue weighted by atomic mass is 10.0. The Morgan fingerprint density at radius 3 is 0.934 bits per heavy atom. The molecule has 0 aromatic rings. The minimum absolute atomic E-state index is 0.00601. The smallest absolute Gasteiger partial charge is 0.305 e. The zero-order valence-corrected chi connectivity index (χ0v) is 51.3. The second-order valence-corrected chi connectivity index (χ2v) is 23.5. The molecule has 76 heavy (non-hydrogen) atoms. The topological polar surface area (TPSA) is 95.9 Å². The number of allylic oxidation sites excluding steroid dienone is 5. The van der Waals surface area contributed by atoms with E-state index in [4.69, 9.17) is 4.74 Å². The van der Waals surface area contributed by atoms with Gasteiger partial charge in [0.1, 0.15) is 0 Å². The largest absolute Gasteiger partial charge is 0.466 e. The van der Waals surface area contributed by atoms with E-state index in [1.54, 1.807) is 6.08 Å². The van der Waals surface area contributed by atoms with Crippen molar-refractivity contribution in [3.63, 3.8) is 0 Å². The normalized spacial score (nSPS) is 12.7. The first-order chi connectivity index (χ1) is 37.5. The van der Waals surface area contributed by atoms with Crippen LogP contribution < -0.4 is 5.32 Å². The van der Waals surface area contributed by atoms with Gasteiger partial charge in [-0.15, -0.1) is 0 Å². The first-order valence-electron chi connectivity index (χ1n) is 34.3. The minimum Gasteiger partial charge on any atom is -0.466 e. The minimum atomic E-state index is -0.857. The summed E-state index contributed by atoms with van der Waals surface area (Å²) in [5, 5.41) is 23.2. The second-order valence-electron chi connectivity index (χ2n) is 23.5. The van der Waals surface area contributed by atoms with Gasteiger partial charge in [0.25, 0.3) is 0 Å². The molecule has 6 heteroatoms. The maximum absolute atomic E-state index is 12.5. The van der Waals surface area contributed by atoms with Crippen LogP contribution in [-0.4, -0.2) is 47.4 Å². The molecule has 0 rings (SSSR count). The monoisotopic (exact) mass is 1070 g/mol. The van der Waals surface area contributed by atoms with E-state index in [0.717, 1.165) is 64.2 Å². The average Bonchev–Trinajstić information content (AvgIpc) is 3.42. The van der Waals surface area contributed by atoms with Crippen molar-refractivity contribution in [2.24, 2.45) is 0 Å². The lowest BCUT2D eigenvalue weighted by molar-refractivity contribution is -0.143. The number of unbranched alkanes of at least 4 members (excludes halogenated alkanes) is 49. The Morgan fingerprint density at radius 1 is 0.355 bits per heavy atom. The zero-order valence-electron chi connectivity index (χ0n) is 51.3. The van der Waals surface area contributed by atoms with Crippen LogP contribution in [0.4, 0.5) is 0 Å². The van der Waals surface area contributed by atoms with Gasteiger partial charge in [-0.25, -0.2) is 0 Å². The van der Waals surface area contributed by atoms with Gasteiger partial charge in [-0.1, -0.05) is 314 Å². The Morgan fingerprint density at radius 2 is 0.618 bits per heavy atom. The van der Waals surface area contributed by atoms with Crippen LogP contribution in [0.3, 0.4) is 0 Å². The molecule has 0 saturated heterocycles. The Bertz CT molecular complexity index is 1230. The molecule has 3 N–H and O–H groups in total. The molecule has 0 aromatic carbocycles. The first kappa shape index (κ1) is 74.1. The van der Waals surface area contributed by atoms with Crippen molar-refractivity contribution >= 4 is 11.9 Å². The molecule has 0 saturated carbocycles. The number of aliphatic hydroxyl groups is 2. The van der Waals surface area contributed by atoms with Crippen molar-refractivity contribution < 1.29 is 24.5 Å². The number of carbonyl (C=O) groups excluding carboxylic acids is 2. The third-order valence-electron chi connectivity index (χ3n) is 15.9. The molecular weight excluding hydrogens is 935 g/mol. The molecule has 6 nitrogen and oxygen atoms in total. The number of aliphatic hydroxyl groups excluding tert-OH is 2. The molecule has 0 fully saturated rings. The second kappa shape index (κ2) is 65.6. The van der Waals surface area contributed by atoms with Crippen molar-refractivity contribution in [1.29, 1.82) is 0 Å². The summed E-state index contributed by atoms with van der Waals surface area (Å²) >= 11 is 0. The molecule has 0 aliphatic carbocycles. The van der Waals surface area contributed by atoms with Crippen molar-refractivity contribution in [3.8, 4) is 0 Å². The molecule has 0 radical (unpaired) electrons. The SMILES string of the molecule is CCCCCCCCC/C=C\CCCCCCCCCC(=O)OCCCCCCCCC/C=C\CCCCCCCC(=O)NC(CO)C(O)/C=C/CCCCCCCCCCCCCCCCCCCCCCCCC. The van der Waals surface area contributed by atoms with Gasteiger partial charge in [-0.2, -0.15) is 0 Å². The summed E-state index contributed by atoms with van der Waals surface area (Å²) in [6.07, 6.45) is 83.5. The Kier molecular flexibility index (Phi) is 63.9. The van der Waals surface area contributed by atoms with Crippen LogP contribution in [0.15, 0.2) is 36.5 Å². The number of ether oxygens (including phenoxy) is 1. The molecular formula is C70H133NO5. The van der Waals surface area contributed by atoms with Crippen molar-refractivity contribution in [2.45, 2.75) is 386 Å². The summed E-state index contributed by atoms with van der Waals surface area (Å²) in [6.45, 7) is 4.91. The molecule has 0 aromatic heterocycles. The van der Waals surface area contributed by atoms with Crippen molar-refractivity contribution in [1.82, 2.24) is 5.32 Å². The van der Waals surface area contributed by atoms with E-state index >= 15 is 0 Å². The third-order valence-corrected chi connectivity index (χ3v) is 15.9. The summed E-state index contributed by atoms with van der Waals surface area (Å²) in [4.78, 5) is 24.6. The lowest BCUT2D eigenvalue weighted by Crippen LogP contribution is -2.45. The van der Waals surface area contributed by atoms with E-state index in [-0.39, 0.29) is 18.5 Å². The number of hydrogen-bond donors (Lipinski definition) is 3. The number of hydrogen-bond acceptors (Lipinski definition) is 5. The van der Waals surface area contributed by atoms with Crippen LogP contribution in [0, 0.1) is 0 Å². The summed E-state index contributed by atoms with van der Waals surface area (Å²) in [6, 6.07) is -0.642. The van der Waals surface area contributed by atoms with E-state index in [1.807, 2.05) is 6.08 Å². The molecule has 0 spiro atoms. The van der Waals surface area contributed by atoms with Crippen molar-refractivity contribution in [2.75, 3.05) is 13.2 Å². The zero-order chi connectivity index (χ0) is 55.0. The number of rotatable bonds is 64. The van der Waals surface area contributed by atoms with Gasteiger partial charge in [0, 0.05) is 12.8 Å². The van der Waals surface area contributed by atoms with Crippen LogP contribution in [0.1, 0.15) is 373 Å². The van der Waals surface area contributed by atoms with Gasteiger partial charge < -0.3 is 20.3 Å². The highest BCUT2D eigenvalue weighted by atomic mass is 16.5. The maximum atomic E-state index is 12.5. The number of esters is 1. The third kappa shape index (κ3) is 61.3. The fourth-order valence-electron chi connectivity index (χ4n) is 10.6. The fraction of sp³-hybridized carbons (Fsp3) is 0.886. The molecule has 2 unspecified atom stereocenters. The van der Waals surface area contributed by atoms with E-state index in [2.05, 4.69) is 43.5 Å². The average molecular weight is 1070 g/mol. The molecule has 0 heterocycles. The Labute approximate surface area is 474 Å². The molecule has 0 bridgehead atoms. The van der Waals surface area contributed by atoms with Gasteiger partial charge in [0.05, 0.1) is 25.4 Å². The van der Waals surface area contributed by atoms with Gasteiger partial charge in [-0.05, 0) is 83.5 Å². The quantitative estimate of drug-likeness (QED) is 0.0320. The highest BCUT2D eigenvalue weighted by molar-refractivity contribution is 5.76. The molecule has 1 amide bonds. The van der Waals surface area contributed by atoms with E-state index in [1.165, 1.54) is 283 Å². The van der Waals surface area contributed by atoms with E-state index in [0.29, 0.717) is 19.4 Å². The summed E-state index contributed by atoms with van der Waals surface area (Å²) in [5.74, 6) is -0.0876. The van der Waals surface area contributed by atoms with E-state index in [9.17, 15) is 19.8 Å². The molecule has 0 aliphatic rings. The molecule has 0 aliphatic heterocycles. The molecule has 448 valence electrons. The Hall–Kier alpha value is -1.92. The van der Waals surface area contributed by atoms with Crippen LogP contribution in [0.25, 0.3) is 0 Å². The van der Waals surface area contributed by atoms with Crippen molar-refractivity contribution in [3.05, 3.63) is 36.5 Å². The van der Waals surface area contributed by atoms with Crippen LogP contribution >= 0.6 is 0 Å². The summed E-state index contributed by atoms with van der Waals surface area (Å²) < 4.78 is 5.49. The molecule has 2 atom stereocenters. The highest BCUT2D eigenvalue weighted by Crippen LogP contribution is 2.18. The van der Waals surface area contributed by atoms with Gasteiger partial charge in [0.15, 0.2) is 0 Å². The first-order valence-corrected chi connectivity index (χ1v) is 34.3. The van der Waals surface area contributed by atoms with Gasteiger partial charge in [0.2, 0.25) is 5.91 Å². The van der Waals surface area contributed by atoms with Gasteiger partial charge >= 0.3 is 5.97 Å². The fourth-order valence-corrected chi connectivity index (χ4v) is 10.6. The van der Waals surface area contributed by atoms with Gasteiger partial charge in [-0.3, -0.25) is 9.59 Å². The predicted molar refractivity (Wildman–Crippen MR) is 333 cm³/mol. The number of nitrogens with one attached hydrogen (secondary N) is 1. The highest BCUT2D eigenvalue weighted by Gasteiger charge is 2.18. The van der Waals surface area contributed by atoms with Crippen LogP contribution in [0.2, 0.25) is 0 Å². The van der Waals surface area contributed by atoms with Crippen LogP contribution in [0.5, 0.6) is 0 Å².